The molecule has 108 valence electrons. The smallest absolute Gasteiger partial charge is 0.261 e. The van der Waals surface area contributed by atoms with E-state index in [2.05, 4.69) is 6.92 Å². The highest BCUT2D eigenvalue weighted by Crippen LogP contribution is 2.24. The van der Waals surface area contributed by atoms with Crippen LogP contribution in [-0.4, -0.2) is 15.0 Å². The Balaban J connectivity index is 2.47. The van der Waals surface area contributed by atoms with Gasteiger partial charge in [-0.2, -0.15) is 0 Å². The first-order valence-corrected chi connectivity index (χ1v) is 8.94. The molecule has 0 spiro atoms. The second-order valence-corrected chi connectivity index (χ2v) is 7.19. The lowest BCUT2D eigenvalue weighted by Crippen LogP contribution is -2.00. The largest absolute Gasteiger partial charge is 0.493 e. The average molecular weight is 305 g/mol. The molecule has 5 heteroatoms. The topological polar surface area (TPSA) is 43.4 Å². The van der Waals surface area contributed by atoms with Crippen molar-refractivity contribution in [3.8, 4) is 5.75 Å². The quantitative estimate of drug-likeness (QED) is 0.532. The summed E-state index contributed by atoms with van der Waals surface area (Å²) in [7, 11) is 1.63. The molecular formula is C14H21ClO3S. The Hall–Kier alpha value is -0.740. The SMILES string of the molecule is CCCCCCCOc1ccc(S(=O)(=O)Cl)cc1C. The number of hydrogen-bond donors (Lipinski definition) is 0. The third kappa shape index (κ3) is 5.83. The maximum atomic E-state index is 11.2. The molecule has 0 saturated carbocycles. The summed E-state index contributed by atoms with van der Waals surface area (Å²) in [5, 5.41) is 0. The van der Waals surface area contributed by atoms with Gasteiger partial charge in [0, 0.05) is 10.7 Å². The third-order valence-corrected chi connectivity index (χ3v) is 4.28. The van der Waals surface area contributed by atoms with Crippen LogP contribution in [0.5, 0.6) is 5.75 Å². The van der Waals surface area contributed by atoms with Crippen LogP contribution in [0.1, 0.15) is 44.6 Å². The fourth-order valence-corrected chi connectivity index (χ4v) is 2.66. The van der Waals surface area contributed by atoms with Crippen LogP contribution in [0.3, 0.4) is 0 Å². The van der Waals surface area contributed by atoms with Crippen molar-refractivity contribution in [1.82, 2.24) is 0 Å². The van der Waals surface area contributed by atoms with E-state index in [1.54, 1.807) is 6.07 Å². The minimum Gasteiger partial charge on any atom is -0.493 e. The Bertz CT molecular complexity index is 497. The fraction of sp³-hybridized carbons (Fsp3) is 0.571. The summed E-state index contributed by atoms with van der Waals surface area (Å²) in [6.45, 7) is 4.67. The average Bonchev–Trinajstić information content (AvgIpc) is 2.34. The maximum Gasteiger partial charge on any atom is 0.261 e. The maximum absolute atomic E-state index is 11.2. The molecule has 0 fully saturated rings. The van der Waals surface area contributed by atoms with Crippen molar-refractivity contribution in [2.24, 2.45) is 0 Å². The Morgan fingerprint density at radius 2 is 1.84 bits per heavy atom. The molecule has 19 heavy (non-hydrogen) atoms. The Morgan fingerprint density at radius 1 is 1.16 bits per heavy atom. The van der Waals surface area contributed by atoms with Gasteiger partial charge in [-0.25, -0.2) is 8.42 Å². The molecular weight excluding hydrogens is 284 g/mol. The minimum atomic E-state index is -3.66. The van der Waals surface area contributed by atoms with Gasteiger partial charge < -0.3 is 4.74 Å². The summed E-state index contributed by atoms with van der Waals surface area (Å²) in [6, 6.07) is 4.67. The van der Waals surface area contributed by atoms with Crippen molar-refractivity contribution in [3.05, 3.63) is 23.8 Å². The highest BCUT2D eigenvalue weighted by Gasteiger charge is 2.11. The number of benzene rings is 1. The molecule has 0 aromatic heterocycles. The Labute approximate surface area is 120 Å². The number of unbranched alkanes of at least 4 members (excludes halogenated alkanes) is 4. The molecule has 1 aromatic carbocycles. The second kappa shape index (κ2) is 7.75. The van der Waals surface area contributed by atoms with Gasteiger partial charge in [-0.3, -0.25) is 0 Å². The molecule has 0 aliphatic heterocycles. The number of ether oxygens (including phenoxy) is 1. The lowest BCUT2D eigenvalue weighted by Gasteiger charge is -2.09. The van der Waals surface area contributed by atoms with Crippen LogP contribution in [0.4, 0.5) is 0 Å². The molecule has 0 amide bonds. The second-order valence-electron chi connectivity index (χ2n) is 4.63. The van der Waals surface area contributed by atoms with E-state index >= 15 is 0 Å². The predicted octanol–water partition coefficient (Wildman–Crippen LogP) is 4.27. The van der Waals surface area contributed by atoms with Gasteiger partial charge >= 0.3 is 0 Å². The number of rotatable bonds is 8. The zero-order chi connectivity index (χ0) is 14.3. The molecule has 1 aromatic rings. The Morgan fingerprint density at radius 3 is 2.42 bits per heavy atom. The summed E-state index contributed by atoms with van der Waals surface area (Å²) in [6.07, 6.45) is 5.92. The van der Waals surface area contributed by atoms with Gasteiger partial charge in [0.15, 0.2) is 0 Å². The first-order valence-electron chi connectivity index (χ1n) is 6.63. The molecule has 0 heterocycles. The molecule has 0 saturated heterocycles. The van der Waals surface area contributed by atoms with E-state index < -0.39 is 9.05 Å². The van der Waals surface area contributed by atoms with Crippen LogP contribution in [-0.2, 0) is 9.05 Å². The Kier molecular flexibility index (Phi) is 6.66. The van der Waals surface area contributed by atoms with E-state index in [4.69, 9.17) is 15.4 Å². The predicted molar refractivity (Wildman–Crippen MR) is 78.5 cm³/mol. The van der Waals surface area contributed by atoms with Gasteiger partial charge in [-0.05, 0) is 37.1 Å². The molecule has 0 aliphatic carbocycles. The molecule has 1 rings (SSSR count). The van der Waals surface area contributed by atoms with Crippen molar-refractivity contribution >= 4 is 19.7 Å². The monoisotopic (exact) mass is 304 g/mol. The van der Waals surface area contributed by atoms with Crippen LogP contribution >= 0.6 is 10.7 Å². The molecule has 0 radical (unpaired) electrons. The zero-order valence-electron chi connectivity index (χ0n) is 11.5. The molecule has 0 aliphatic rings. The van der Waals surface area contributed by atoms with Crippen LogP contribution in [0.15, 0.2) is 23.1 Å². The van der Waals surface area contributed by atoms with Crippen LogP contribution < -0.4 is 4.74 Å². The van der Waals surface area contributed by atoms with E-state index in [0.717, 1.165) is 17.7 Å². The summed E-state index contributed by atoms with van der Waals surface area (Å²) >= 11 is 0. The lowest BCUT2D eigenvalue weighted by molar-refractivity contribution is 0.302. The molecule has 0 bridgehead atoms. The summed E-state index contributed by atoms with van der Waals surface area (Å²) in [5.74, 6) is 0.722. The first-order chi connectivity index (χ1) is 8.95. The molecule has 0 atom stereocenters. The number of aryl methyl sites for hydroxylation is 1. The highest BCUT2D eigenvalue weighted by atomic mass is 35.7. The minimum absolute atomic E-state index is 0.113. The van der Waals surface area contributed by atoms with Crippen LogP contribution in [0.25, 0.3) is 0 Å². The van der Waals surface area contributed by atoms with E-state index in [9.17, 15) is 8.42 Å². The van der Waals surface area contributed by atoms with Gasteiger partial charge in [0.05, 0.1) is 11.5 Å². The van der Waals surface area contributed by atoms with E-state index in [1.165, 1.54) is 37.8 Å². The third-order valence-electron chi connectivity index (χ3n) is 2.93. The molecule has 0 N–H and O–H groups in total. The summed E-state index contributed by atoms with van der Waals surface area (Å²) in [5.41, 5.74) is 0.787. The van der Waals surface area contributed by atoms with Crippen LogP contribution in [0, 0.1) is 6.92 Å². The van der Waals surface area contributed by atoms with Gasteiger partial charge in [-0.1, -0.05) is 32.6 Å². The summed E-state index contributed by atoms with van der Waals surface area (Å²) < 4.78 is 28.0. The fourth-order valence-electron chi connectivity index (χ4n) is 1.82. The van der Waals surface area contributed by atoms with E-state index in [1.807, 2.05) is 6.92 Å². The number of hydrogen-bond acceptors (Lipinski definition) is 3. The standard InChI is InChI=1S/C14H21ClO3S/c1-3-4-5-6-7-10-18-14-9-8-13(11-12(14)2)19(15,16)17/h8-9,11H,3-7,10H2,1-2H3. The summed E-state index contributed by atoms with van der Waals surface area (Å²) in [4.78, 5) is 0.113. The van der Waals surface area contributed by atoms with Crippen molar-refractivity contribution in [2.45, 2.75) is 50.8 Å². The van der Waals surface area contributed by atoms with Crippen molar-refractivity contribution in [1.29, 1.82) is 0 Å². The highest BCUT2D eigenvalue weighted by molar-refractivity contribution is 8.13. The molecule has 0 unspecified atom stereocenters. The normalized spacial score (nSPS) is 11.5. The van der Waals surface area contributed by atoms with Gasteiger partial charge in [-0.15, -0.1) is 0 Å². The van der Waals surface area contributed by atoms with Crippen molar-refractivity contribution in [3.63, 3.8) is 0 Å². The first kappa shape index (κ1) is 16.3. The zero-order valence-corrected chi connectivity index (χ0v) is 13.1. The number of halogens is 1. The van der Waals surface area contributed by atoms with Gasteiger partial charge in [0.25, 0.3) is 9.05 Å². The van der Waals surface area contributed by atoms with Gasteiger partial charge in [0.1, 0.15) is 5.75 Å². The van der Waals surface area contributed by atoms with Crippen molar-refractivity contribution in [2.75, 3.05) is 6.61 Å². The van der Waals surface area contributed by atoms with Gasteiger partial charge in [0.2, 0.25) is 0 Å². The van der Waals surface area contributed by atoms with Crippen LogP contribution in [0.2, 0.25) is 0 Å². The lowest BCUT2D eigenvalue weighted by atomic mass is 10.2. The van der Waals surface area contributed by atoms with Crippen molar-refractivity contribution < 1.29 is 13.2 Å². The van der Waals surface area contributed by atoms with E-state index in [-0.39, 0.29) is 4.90 Å². The van der Waals surface area contributed by atoms with E-state index in [0.29, 0.717) is 6.61 Å². The molecule has 3 nitrogen and oxygen atoms in total.